The number of ether oxygens (including phenoxy) is 1. The minimum Gasteiger partial charge on any atom is -0.508 e. The first-order valence-corrected chi connectivity index (χ1v) is 9.43. The number of carbonyl (C=O) groups is 2. The molecule has 3 aromatic carbocycles. The first-order valence-electron chi connectivity index (χ1n) is 9.43. The van der Waals surface area contributed by atoms with Crippen LogP contribution in [-0.2, 0) is 9.53 Å². The number of rotatable bonds is 6. The highest BCUT2D eigenvalue weighted by Gasteiger charge is 2.32. The van der Waals surface area contributed by atoms with Gasteiger partial charge >= 0.3 is 12.1 Å². The highest BCUT2D eigenvalue weighted by molar-refractivity contribution is 6.00. The molecule has 0 saturated carbocycles. The van der Waals surface area contributed by atoms with Gasteiger partial charge in [-0.25, -0.2) is 9.59 Å². The number of carboxylic acid groups (broad SMARTS) is 1. The minimum atomic E-state index is -1.09. The molecule has 0 saturated heterocycles. The molecule has 3 rings (SSSR count). The van der Waals surface area contributed by atoms with Crippen LogP contribution >= 0.6 is 0 Å². The van der Waals surface area contributed by atoms with E-state index >= 15 is 0 Å². The van der Waals surface area contributed by atoms with Crippen LogP contribution in [-0.4, -0.2) is 22.3 Å². The van der Waals surface area contributed by atoms with Crippen molar-refractivity contribution >= 4 is 28.5 Å². The van der Waals surface area contributed by atoms with Crippen LogP contribution < -0.4 is 5.32 Å². The number of hydrogen-bond acceptors (Lipinski definition) is 4. The van der Waals surface area contributed by atoms with Gasteiger partial charge in [0.05, 0.1) is 5.69 Å². The quantitative estimate of drug-likeness (QED) is 0.471. The van der Waals surface area contributed by atoms with Gasteiger partial charge in [0.1, 0.15) is 11.9 Å². The Balaban J connectivity index is 1.89. The van der Waals surface area contributed by atoms with Gasteiger partial charge in [-0.3, -0.25) is 5.32 Å². The summed E-state index contributed by atoms with van der Waals surface area (Å²) < 4.78 is 5.75. The zero-order valence-electron chi connectivity index (χ0n) is 16.7. The molecule has 6 nitrogen and oxygen atoms in total. The van der Waals surface area contributed by atoms with E-state index in [4.69, 9.17) is 9.84 Å². The van der Waals surface area contributed by atoms with Gasteiger partial charge in [0.15, 0.2) is 0 Å². The summed E-state index contributed by atoms with van der Waals surface area (Å²) in [6, 6.07) is 19.5. The van der Waals surface area contributed by atoms with Crippen molar-refractivity contribution in [3.63, 3.8) is 0 Å². The largest absolute Gasteiger partial charge is 0.508 e. The van der Waals surface area contributed by atoms with Crippen LogP contribution in [0.15, 0.2) is 78.9 Å². The SMILES string of the molecule is CC(C)(/C=C/C(=O)O)[C@@H](OC(=O)Nc1cccc2ccccc12)c1ccc(O)cc1. The van der Waals surface area contributed by atoms with E-state index < -0.39 is 23.6 Å². The second-order valence-electron chi connectivity index (χ2n) is 7.52. The fraction of sp³-hybridized carbons (Fsp3) is 0.167. The zero-order chi connectivity index (χ0) is 21.7. The Morgan fingerprint density at radius 2 is 1.67 bits per heavy atom. The van der Waals surface area contributed by atoms with E-state index in [0.29, 0.717) is 11.3 Å². The fourth-order valence-corrected chi connectivity index (χ4v) is 3.25. The topological polar surface area (TPSA) is 95.9 Å². The lowest BCUT2D eigenvalue weighted by atomic mass is 9.82. The first kappa shape index (κ1) is 20.9. The second kappa shape index (κ2) is 8.69. The Labute approximate surface area is 174 Å². The third-order valence-corrected chi connectivity index (χ3v) is 4.78. The van der Waals surface area contributed by atoms with Crippen LogP contribution in [0.5, 0.6) is 5.75 Å². The summed E-state index contributed by atoms with van der Waals surface area (Å²) in [7, 11) is 0. The summed E-state index contributed by atoms with van der Waals surface area (Å²) >= 11 is 0. The molecule has 1 amide bonds. The lowest BCUT2D eigenvalue weighted by molar-refractivity contribution is -0.131. The molecule has 30 heavy (non-hydrogen) atoms. The maximum atomic E-state index is 12.8. The lowest BCUT2D eigenvalue weighted by Gasteiger charge is -2.31. The average Bonchev–Trinajstić information content (AvgIpc) is 2.72. The Hall–Kier alpha value is -3.80. The number of nitrogens with one attached hydrogen (secondary N) is 1. The third-order valence-electron chi connectivity index (χ3n) is 4.78. The first-order chi connectivity index (χ1) is 14.3. The standard InChI is InChI=1S/C24H23NO5/c1-24(2,15-14-21(27)28)22(17-10-12-18(26)13-11-17)30-23(29)25-20-9-5-7-16-6-3-4-8-19(16)20/h3-15,22,26H,1-2H3,(H,25,29)(H,27,28)/b15-14+/t22-/m0/s1. The molecule has 0 aliphatic heterocycles. The molecule has 3 aromatic rings. The highest BCUT2D eigenvalue weighted by Crippen LogP contribution is 2.39. The third kappa shape index (κ3) is 4.97. The van der Waals surface area contributed by atoms with Crippen molar-refractivity contribution in [2.75, 3.05) is 5.32 Å². The van der Waals surface area contributed by atoms with Crippen LogP contribution in [0.3, 0.4) is 0 Å². The van der Waals surface area contributed by atoms with Gasteiger partial charge in [0.2, 0.25) is 0 Å². The van der Waals surface area contributed by atoms with Crippen molar-refractivity contribution in [1.82, 2.24) is 0 Å². The number of hydrogen-bond donors (Lipinski definition) is 3. The Morgan fingerprint density at radius 1 is 1.00 bits per heavy atom. The smallest absolute Gasteiger partial charge is 0.412 e. The van der Waals surface area contributed by atoms with E-state index in [0.717, 1.165) is 16.8 Å². The Morgan fingerprint density at radius 3 is 2.37 bits per heavy atom. The van der Waals surface area contributed by atoms with Crippen molar-refractivity contribution in [2.24, 2.45) is 5.41 Å². The summed E-state index contributed by atoms with van der Waals surface area (Å²) in [6.45, 7) is 3.55. The molecule has 3 N–H and O–H groups in total. The molecular formula is C24H23NO5. The molecule has 0 fully saturated rings. The van der Waals surface area contributed by atoms with Gasteiger partial charge < -0.3 is 14.9 Å². The summed E-state index contributed by atoms with van der Waals surface area (Å²) in [5.41, 5.74) is 0.410. The summed E-state index contributed by atoms with van der Waals surface area (Å²) in [4.78, 5) is 23.8. The predicted molar refractivity (Wildman–Crippen MR) is 115 cm³/mol. The number of phenolic OH excluding ortho intramolecular Hbond substituents is 1. The Bertz CT molecular complexity index is 1080. The molecule has 0 aromatic heterocycles. The van der Waals surface area contributed by atoms with E-state index in [9.17, 15) is 14.7 Å². The van der Waals surface area contributed by atoms with Crippen LogP contribution in [0.2, 0.25) is 0 Å². The molecule has 0 spiro atoms. The number of fused-ring (bicyclic) bond motifs is 1. The summed E-state index contributed by atoms with van der Waals surface area (Å²) in [5.74, 6) is -1.01. The lowest BCUT2D eigenvalue weighted by Crippen LogP contribution is -2.27. The van der Waals surface area contributed by atoms with Crippen molar-refractivity contribution < 1.29 is 24.5 Å². The van der Waals surface area contributed by atoms with Crippen molar-refractivity contribution in [2.45, 2.75) is 20.0 Å². The van der Waals surface area contributed by atoms with Crippen molar-refractivity contribution in [1.29, 1.82) is 0 Å². The van der Waals surface area contributed by atoms with Gasteiger partial charge in [0, 0.05) is 16.9 Å². The summed E-state index contributed by atoms with van der Waals surface area (Å²) in [5, 5.41) is 23.2. The molecule has 0 bridgehead atoms. The van der Waals surface area contributed by atoms with Crippen LogP contribution in [0, 0.1) is 5.41 Å². The number of anilines is 1. The monoisotopic (exact) mass is 405 g/mol. The molecule has 6 heteroatoms. The van der Waals surface area contributed by atoms with Gasteiger partial charge in [-0.15, -0.1) is 0 Å². The van der Waals surface area contributed by atoms with Crippen LogP contribution in [0.1, 0.15) is 25.5 Å². The average molecular weight is 405 g/mol. The van der Waals surface area contributed by atoms with E-state index in [1.165, 1.54) is 18.2 Å². The van der Waals surface area contributed by atoms with Gasteiger partial charge in [0.25, 0.3) is 0 Å². The molecular weight excluding hydrogens is 382 g/mol. The minimum absolute atomic E-state index is 0.0802. The predicted octanol–water partition coefficient (Wildman–Crippen LogP) is 5.50. The van der Waals surface area contributed by atoms with Crippen molar-refractivity contribution in [3.8, 4) is 5.75 Å². The number of amides is 1. The van der Waals surface area contributed by atoms with Crippen LogP contribution in [0.25, 0.3) is 10.8 Å². The van der Waals surface area contributed by atoms with Gasteiger partial charge in [-0.2, -0.15) is 0 Å². The highest BCUT2D eigenvalue weighted by atomic mass is 16.6. The number of aromatic hydroxyl groups is 1. The Kier molecular flexibility index (Phi) is 6.06. The second-order valence-corrected chi connectivity index (χ2v) is 7.52. The molecule has 154 valence electrons. The molecule has 0 heterocycles. The fourth-order valence-electron chi connectivity index (χ4n) is 3.25. The van der Waals surface area contributed by atoms with Crippen molar-refractivity contribution in [3.05, 3.63) is 84.4 Å². The van der Waals surface area contributed by atoms with E-state index in [2.05, 4.69) is 5.32 Å². The molecule has 1 atom stereocenters. The number of phenols is 1. The molecule has 0 aliphatic rings. The normalized spacial score (nSPS) is 12.6. The molecule has 0 radical (unpaired) electrons. The molecule has 0 aliphatic carbocycles. The maximum absolute atomic E-state index is 12.8. The number of carboxylic acids is 1. The van der Waals surface area contributed by atoms with E-state index in [1.54, 1.807) is 32.0 Å². The van der Waals surface area contributed by atoms with Gasteiger partial charge in [-0.05, 0) is 29.1 Å². The molecule has 0 unspecified atom stereocenters. The number of benzene rings is 3. The number of carbonyl (C=O) groups excluding carboxylic acids is 1. The van der Waals surface area contributed by atoms with E-state index in [-0.39, 0.29) is 5.75 Å². The zero-order valence-corrected chi connectivity index (χ0v) is 16.7. The maximum Gasteiger partial charge on any atom is 0.412 e. The van der Waals surface area contributed by atoms with Gasteiger partial charge in [-0.1, -0.05) is 68.5 Å². The summed E-state index contributed by atoms with van der Waals surface area (Å²) in [6.07, 6.45) is 1.06. The van der Waals surface area contributed by atoms with Crippen LogP contribution in [0.4, 0.5) is 10.5 Å². The number of aliphatic carboxylic acids is 1. The van der Waals surface area contributed by atoms with E-state index in [1.807, 2.05) is 36.4 Å².